The van der Waals surface area contributed by atoms with Crippen molar-refractivity contribution in [3.05, 3.63) is 48.0 Å². The number of hydrogen-bond donors (Lipinski definition) is 2. The van der Waals surface area contributed by atoms with E-state index in [9.17, 15) is 23.9 Å². The molecular formula is C23H25FN4O7. The molecule has 2 N–H and O–H groups in total. The first-order valence-electron chi connectivity index (χ1n) is 11.0. The van der Waals surface area contributed by atoms with Crippen LogP contribution in [0.2, 0.25) is 0 Å². The Kier molecular flexibility index (Phi) is 7.30. The lowest BCUT2D eigenvalue weighted by Gasteiger charge is -2.28. The smallest absolute Gasteiger partial charge is 0.414 e. The molecule has 2 atom stereocenters. The number of nitrogens with one attached hydrogen (secondary N) is 1. The van der Waals surface area contributed by atoms with Gasteiger partial charge in [0.1, 0.15) is 24.8 Å². The Bertz CT molecular complexity index is 1120. The summed E-state index contributed by atoms with van der Waals surface area (Å²) in [4.78, 5) is 38.8. The van der Waals surface area contributed by atoms with Crippen molar-refractivity contribution in [2.24, 2.45) is 0 Å². The molecule has 1 aromatic carbocycles. The first-order chi connectivity index (χ1) is 16.9. The fourth-order valence-electron chi connectivity index (χ4n) is 3.90. The molecule has 0 aliphatic carbocycles. The summed E-state index contributed by atoms with van der Waals surface area (Å²) >= 11 is 0. The number of carbonyl (C=O) groups excluding carboxylic acids is 3. The van der Waals surface area contributed by atoms with Crippen molar-refractivity contribution >= 4 is 29.2 Å². The van der Waals surface area contributed by atoms with Crippen LogP contribution in [-0.2, 0) is 14.3 Å². The van der Waals surface area contributed by atoms with Gasteiger partial charge in [-0.15, -0.1) is 0 Å². The summed E-state index contributed by atoms with van der Waals surface area (Å²) < 4.78 is 30.3. The Morgan fingerprint density at radius 3 is 2.86 bits per heavy atom. The van der Waals surface area contributed by atoms with Gasteiger partial charge in [-0.25, -0.2) is 9.18 Å². The molecule has 1 saturated heterocycles. The lowest BCUT2D eigenvalue weighted by atomic mass is 9.98. The number of rotatable bonds is 8. The van der Waals surface area contributed by atoms with Gasteiger partial charge in [-0.2, -0.15) is 0 Å². The molecular weight excluding hydrogens is 463 g/mol. The lowest BCUT2D eigenvalue weighted by Crippen LogP contribution is -2.43. The van der Waals surface area contributed by atoms with E-state index in [1.165, 1.54) is 35.2 Å². The lowest BCUT2D eigenvalue weighted by molar-refractivity contribution is -0.142. The van der Waals surface area contributed by atoms with Gasteiger partial charge in [0.05, 0.1) is 18.7 Å². The maximum atomic E-state index is 15.0. The van der Waals surface area contributed by atoms with E-state index in [0.29, 0.717) is 23.2 Å². The van der Waals surface area contributed by atoms with Crippen LogP contribution in [0.1, 0.15) is 18.4 Å². The minimum Gasteiger partial charge on any atom is -0.471 e. The Balaban J connectivity index is 1.36. The van der Waals surface area contributed by atoms with Crippen molar-refractivity contribution in [3.63, 3.8) is 0 Å². The van der Waals surface area contributed by atoms with Crippen molar-refractivity contribution in [3.8, 4) is 5.88 Å². The van der Waals surface area contributed by atoms with E-state index in [1.807, 2.05) is 0 Å². The third-order valence-corrected chi connectivity index (χ3v) is 5.78. The van der Waals surface area contributed by atoms with E-state index in [0.717, 1.165) is 0 Å². The third-order valence-electron chi connectivity index (χ3n) is 5.78. The predicted molar refractivity (Wildman–Crippen MR) is 120 cm³/mol. The second-order valence-electron chi connectivity index (χ2n) is 8.09. The van der Waals surface area contributed by atoms with Crippen LogP contribution in [0, 0.1) is 5.82 Å². The van der Waals surface area contributed by atoms with Gasteiger partial charge >= 0.3 is 6.09 Å². The number of nitrogens with zero attached hydrogens (tertiary/aromatic N) is 3. The molecule has 12 heteroatoms. The van der Waals surface area contributed by atoms with Crippen LogP contribution in [-0.4, -0.2) is 78.6 Å². The number of amides is 3. The molecule has 1 fully saturated rings. The SMILES string of the molecule is CNC(=O)C[C@H](O)C(=O)N1CC=C(c2ccc(N3C[C@H](COc4ccon4)OC3=O)cc2F)CC1. The number of cyclic esters (lactones) is 1. The van der Waals surface area contributed by atoms with Crippen molar-refractivity contribution in [1.29, 1.82) is 0 Å². The van der Waals surface area contributed by atoms with Crippen molar-refractivity contribution in [2.45, 2.75) is 25.0 Å². The maximum Gasteiger partial charge on any atom is 0.414 e. The first-order valence-corrected chi connectivity index (χ1v) is 11.0. The van der Waals surface area contributed by atoms with Gasteiger partial charge in [-0.3, -0.25) is 14.5 Å². The van der Waals surface area contributed by atoms with E-state index in [-0.39, 0.29) is 38.5 Å². The highest BCUT2D eigenvalue weighted by Gasteiger charge is 2.33. The second kappa shape index (κ2) is 10.6. The molecule has 0 radical (unpaired) electrons. The topological polar surface area (TPSA) is 134 Å². The van der Waals surface area contributed by atoms with Gasteiger partial charge in [0, 0.05) is 31.8 Å². The van der Waals surface area contributed by atoms with Crippen molar-refractivity contribution in [1.82, 2.24) is 15.4 Å². The van der Waals surface area contributed by atoms with Crippen LogP contribution in [0.3, 0.4) is 0 Å². The fourth-order valence-corrected chi connectivity index (χ4v) is 3.90. The van der Waals surface area contributed by atoms with Gasteiger partial charge in [0.25, 0.3) is 11.8 Å². The van der Waals surface area contributed by atoms with Gasteiger partial charge in [-0.05, 0) is 35.3 Å². The molecule has 35 heavy (non-hydrogen) atoms. The number of aliphatic hydroxyl groups is 1. The largest absolute Gasteiger partial charge is 0.471 e. The molecule has 3 heterocycles. The second-order valence-corrected chi connectivity index (χ2v) is 8.09. The number of aromatic nitrogens is 1. The molecule has 0 bridgehead atoms. The molecule has 186 valence electrons. The Morgan fingerprint density at radius 1 is 1.37 bits per heavy atom. The van der Waals surface area contributed by atoms with Crippen LogP contribution >= 0.6 is 0 Å². The minimum atomic E-state index is -1.42. The average molecular weight is 488 g/mol. The molecule has 0 unspecified atom stereocenters. The van der Waals surface area contributed by atoms with Gasteiger partial charge < -0.3 is 29.3 Å². The van der Waals surface area contributed by atoms with E-state index in [4.69, 9.17) is 9.47 Å². The quantitative estimate of drug-likeness (QED) is 0.568. The number of hydrogen-bond acceptors (Lipinski definition) is 8. The predicted octanol–water partition coefficient (Wildman–Crippen LogP) is 1.33. The molecule has 2 aliphatic heterocycles. The zero-order chi connectivity index (χ0) is 24.9. The van der Waals surface area contributed by atoms with Gasteiger partial charge in [0.2, 0.25) is 5.91 Å². The molecule has 0 saturated carbocycles. The summed E-state index contributed by atoms with van der Waals surface area (Å²) in [5.41, 5.74) is 1.43. The summed E-state index contributed by atoms with van der Waals surface area (Å²) in [6.07, 6.45) is 0.560. The van der Waals surface area contributed by atoms with E-state index in [1.54, 1.807) is 18.2 Å². The summed E-state index contributed by atoms with van der Waals surface area (Å²) in [5, 5.41) is 15.9. The number of benzene rings is 1. The van der Waals surface area contributed by atoms with Crippen LogP contribution in [0.25, 0.3) is 5.57 Å². The number of anilines is 1. The number of halogens is 1. The van der Waals surface area contributed by atoms with Crippen molar-refractivity contribution < 1.29 is 37.9 Å². The highest BCUT2D eigenvalue weighted by Crippen LogP contribution is 2.30. The molecule has 1 aromatic heterocycles. The standard InChI is InChI=1S/C23H25FN4O7/c1-25-20(30)11-19(29)22(31)27-7-4-14(5-8-27)17-3-2-15(10-18(17)24)28-12-16(35-23(28)32)13-33-21-6-9-34-26-21/h2-4,6,9-10,16,19,29H,5,7-8,11-13H2,1H3,(H,25,30)/t16-,19+/m1/s1. The van der Waals surface area contributed by atoms with Crippen LogP contribution < -0.4 is 15.0 Å². The zero-order valence-corrected chi connectivity index (χ0v) is 19.0. The van der Waals surface area contributed by atoms with E-state index < -0.39 is 35.9 Å². The first kappa shape index (κ1) is 24.2. The number of ether oxygens (including phenoxy) is 2. The highest BCUT2D eigenvalue weighted by molar-refractivity contribution is 5.90. The molecule has 11 nitrogen and oxygen atoms in total. The normalized spacial score (nSPS) is 18.7. The Hall–Kier alpha value is -3.93. The Labute approximate surface area is 200 Å². The third kappa shape index (κ3) is 5.60. The van der Waals surface area contributed by atoms with E-state index >= 15 is 0 Å². The Morgan fingerprint density at radius 2 is 2.20 bits per heavy atom. The molecule has 4 rings (SSSR count). The van der Waals surface area contributed by atoms with Gasteiger partial charge in [-0.1, -0.05) is 6.08 Å². The van der Waals surface area contributed by atoms with Crippen molar-refractivity contribution in [2.75, 3.05) is 38.2 Å². The monoisotopic (exact) mass is 488 g/mol. The molecule has 2 aliphatic rings. The van der Waals surface area contributed by atoms with Crippen LogP contribution in [0.4, 0.5) is 14.9 Å². The molecule has 3 amide bonds. The minimum absolute atomic E-state index is 0.0786. The molecule has 2 aromatic rings. The van der Waals surface area contributed by atoms with Gasteiger partial charge in [0.15, 0.2) is 6.10 Å². The highest BCUT2D eigenvalue weighted by atomic mass is 19.1. The summed E-state index contributed by atoms with van der Waals surface area (Å²) in [7, 11) is 1.43. The summed E-state index contributed by atoms with van der Waals surface area (Å²) in [5.74, 6) is -1.22. The number of carbonyl (C=O) groups is 3. The fraction of sp³-hybridized carbons (Fsp3) is 0.391. The van der Waals surface area contributed by atoms with Crippen LogP contribution in [0.5, 0.6) is 5.88 Å². The average Bonchev–Trinajstić information content (AvgIpc) is 3.51. The van der Waals surface area contributed by atoms with E-state index in [2.05, 4.69) is 15.0 Å². The zero-order valence-electron chi connectivity index (χ0n) is 19.0. The summed E-state index contributed by atoms with van der Waals surface area (Å²) in [6, 6.07) is 6.01. The molecule has 0 spiro atoms. The number of aliphatic hydroxyl groups excluding tert-OH is 1. The summed E-state index contributed by atoms with van der Waals surface area (Å²) in [6.45, 7) is 0.733. The van der Waals surface area contributed by atoms with Crippen LogP contribution in [0.15, 0.2) is 41.1 Å². The maximum absolute atomic E-state index is 15.0.